The molecule has 3 heteroatoms. The van der Waals surface area contributed by atoms with Gasteiger partial charge in [0.2, 0.25) is 0 Å². The van der Waals surface area contributed by atoms with E-state index < -0.39 is 0 Å². The Bertz CT molecular complexity index is 477. The van der Waals surface area contributed by atoms with Gasteiger partial charge in [0.05, 0.1) is 5.69 Å². The van der Waals surface area contributed by atoms with Crippen molar-refractivity contribution in [1.29, 1.82) is 0 Å². The van der Waals surface area contributed by atoms with Gasteiger partial charge in [-0.25, -0.2) is 4.99 Å². The number of benzene rings is 1. The van der Waals surface area contributed by atoms with E-state index in [2.05, 4.69) is 17.1 Å². The summed E-state index contributed by atoms with van der Waals surface area (Å²) >= 11 is 6.13. The second-order valence-corrected chi connectivity index (χ2v) is 4.99. The van der Waals surface area contributed by atoms with Crippen molar-refractivity contribution in [3.8, 4) is 0 Å². The van der Waals surface area contributed by atoms with Crippen LogP contribution in [-0.4, -0.2) is 23.8 Å². The lowest BCUT2D eigenvalue weighted by Gasteiger charge is -2.16. The predicted molar refractivity (Wildman–Crippen MR) is 78.9 cm³/mol. The Kier molecular flexibility index (Phi) is 4.43. The molecule has 0 aromatic heterocycles. The molecule has 0 unspecified atom stereocenters. The van der Waals surface area contributed by atoms with Crippen molar-refractivity contribution in [2.75, 3.05) is 13.1 Å². The molecule has 0 saturated carbocycles. The molecule has 0 aliphatic carbocycles. The zero-order chi connectivity index (χ0) is 13.0. The first-order chi connectivity index (χ1) is 8.70. The van der Waals surface area contributed by atoms with Gasteiger partial charge in [-0.15, -0.1) is 0 Å². The number of amidine groups is 1. The summed E-state index contributed by atoms with van der Waals surface area (Å²) < 4.78 is 0. The number of hydrogen-bond donors (Lipinski definition) is 0. The molecule has 0 N–H and O–H groups in total. The summed E-state index contributed by atoms with van der Waals surface area (Å²) in [7, 11) is 0. The van der Waals surface area contributed by atoms with E-state index in [0.717, 1.165) is 35.8 Å². The topological polar surface area (TPSA) is 15.6 Å². The van der Waals surface area contributed by atoms with Gasteiger partial charge in [0.15, 0.2) is 0 Å². The second kappa shape index (κ2) is 6.05. The molecule has 1 aromatic rings. The van der Waals surface area contributed by atoms with Crippen LogP contribution in [0.1, 0.15) is 25.3 Å². The van der Waals surface area contributed by atoms with Crippen LogP contribution in [0, 0.1) is 6.92 Å². The van der Waals surface area contributed by atoms with Crippen LogP contribution in [0.3, 0.4) is 0 Å². The van der Waals surface area contributed by atoms with Gasteiger partial charge in [0, 0.05) is 24.5 Å². The lowest BCUT2D eigenvalue weighted by atomic mass is 10.2. The van der Waals surface area contributed by atoms with Gasteiger partial charge >= 0.3 is 0 Å². The summed E-state index contributed by atoms with van der Waals surface area (Å²) in [6.07, 6.45) is 6.50. The van der Waals surface area contributed by atoms with Crippen molar-refractivity contribution in [2.45, 2.75) is 26.7 Å². The van der Waals surface area contributed by atoms with Gasteiger partial charge in [-0.05, 0) is 38.0 Å². The summed E-state index contributed by atoms with van der Waals surface area (Å²) in [6, 6.07) is 5.99. The number of rotatable bonds is 3. The van der Waals surface area contributed by atoms with Gasteiger partial charge in [-0.2, -0.15) is 0 Å². The quantitative estimate of drug-likeness (QED) is 0.740. The molecule has 1 aliphatic rings. The molecular weight excluding hydrogens is 244 g/mol. The van der Waals surface area contributed by atoms with Crippen LogP contribution in [0.4, 0.5) is 5.69 Å². The van der Waals surface area contributed by atoms with E-state index in [9.17, 15) is 0 Å². The second-order valence-electron chi connectivity index (χ2n) is 4.58. The smallest absolute Gasteiger partial charge is 0.105 e. The Morgan fingerprint density at radius 3 is 3.00 bits per heavy atom. The fraction of sp³-hybridized carbons (Fsp3) is 0.400. The molecule has 2 nitrogen and oxygen atoms in total. The molecule has 1 aliphatic heterocycles. The summed E-state index contributed by atoms with van der Waals surface area (Å²) in [4.78, 5) is 7.05. The molecule has 0 atom stereocenters. The largest absolute Gasteiger partial charge is 0.356 e. The molecular formula is C15H19ClN2. The van der Waals surface area contributed by atoms with E-state index in [-0.39, 0.29) is 0 Å². The van der Waals surface area contributed by atoms with E-state index in [1.807, 2.05) is 32.0 Å². The number of likely N-dealkylation sites (tertiary alicyclic amines) is 1. The maximum atomic E-state index is 6.13. The standard InChI is InChI=1S/C15H19ClN2/c1-3-4-9-18-10-5-6-15(18)17-13-8-7-12(2)14(16)11-13/h3-4,7-8,11H,5-6,9-10H2,1-2H3/b4-3+,17-15?. The van der Waals surface area contributed by atoms with E-state index in [0.29, 0.717) is 0 Å². The predicted octanol–water partition coefficient (Wildman–Crippen LogP) is 4.35. The van der Waals surface area contributed by atoms with Crippen LogP contribution in [-0.2, 0) is 0 Å². The molecule has 1 saturated heterocycles. The molecule has 1 fully saturated rings. The van der Waals surface area contributed by atoms with E-state index >= 15 is 0 Å². The minimum atomic E-state index is 0.787. The highest BCUT2D eigenvalue weighted by Crippen LogP contribution is 2.24. The molecule has 1 aromatic carbocycles. The van der Waals surface area contributed by atoms with Crippen molar-refractivity contribution in [2.24, 2.45) is 4.99 Å². The SMILES string of the molecule is C/C=C/CN1CCCC1=Nc1ccc(C)c(Cl)c1. The normalized spacial score (nSPS) is 18.2. The van der Waals surface area contributed by atoms with Gasteiger partial charge in [-0.3, -0.25) is 0 Å². The summed E-state index contributed by atoms with van der Waals surface area (Å²) in [5.41, 5.74) is 2.05. The minimum absolute atomic E-state index is 0.787. The molecule has 18 heavy (non-hydrogen) atoms. The lowest BCUT2D eigenvalue weighted by Crippen LogP contribution is -2.24. The first-order valence-corrected chi connectivity index (χ1v) is 6.78. The van der Waals surface area contributed by atoms with Crippen LogP contribution in [0.5, 0.6) is 0 Å². The lowest BCUT2D eigenvalue weighted by molar-refractivity contribution is 0.502. The van der Waals surface area contributed by atoms with Gasteiger partial charge in [0.25, 0.3) is 0 Å². The van der Waals surface area contributed by atoms with Gasteiger partial charge in [0.1, 0.15) is 5.84 Å². The van der Waals surface area contributed by atoms with E-state index in [4.69, 9.17) is 16.6 Å². The third kappa shape index (κ3) is 3.14. The van der Waals surface area contributed by atoms with Crippen molar-refractivity contribution < 1.29 is 0 Å². The van der Waals surface area contributed by atoms with Gasteiger partial charge in [-0.1, -0.05) is 29.8 Å². The highest BCUT2D eigenvalue weighted by atomic mass is 35.5. The molecule has 0 radical (unpaired) electrons. The fourth-order valence-corrected chi connectivity index (χ4v) is 2.25. The number of hydrogen-bond acceptors (Lipinski definition) is 1. The Labute approximate surface area is 114 Å². The van der Waals surface area contributed by atoms with Crippen LogP contribution in [0.15, 0.2) is 35.3 Å². The molecule has 0 bridgehead atoms. The molecule has 2 rings (SSSR count). The number of aliphatic imine (C=N–C) groups is 1. The maximum absolute atomic E-state index is 6.13. The Morgan fingerprint density at radius 1 is 1.44 bits per heavy atom. The third-order valence-electron chi connectivity index (χ3n) is 3.17. The Hall–Kier alpha value is -1.28. The maximum Gasteiger partial charge on any atom is 0.105 e. The first-order valence-electron chi connectivity index (χ1n) is 6.40. The monoisotopic (exact) mass is 262 g/mol. The highest BCUT2D eigenvalue weighted by molar-refractivity contribution is 6.31. The number of allylic oxidation sites excluding steroid dienone is 1. The third-order valence-corrected chi connectivity index (χ3v) is 3.58. The first kappa shape index (κ1) is 13.2. The van der Waals surface area contributed by atoms with Crippen LogP contribution >= 0.6 is 11.6 Å². The molecule has 0 spiro atoms. The Balaban J connectivity index is 2.18. The van der Waals surface area contributed by atoms with E-state index in [1.165, 1.54) is 12.3 Å². The van der Waals surface area contributed by atoms with Crippen molar-refractivity contribution in [3.05, 3.63) is 40.9 Å². The van der Waals surface area contributed by atoms with Crippen molar-refractivity contribution in [3.63, 3.8) is 0 Å². The molecule has 0 amide bonds. The van der Waals surface area contributed by atoms with Crippen LogP contribution in [0.25, 0.3) is 0 Å². The summed E-state index contributed by atoms with van der Waals surface area (Å²) in [5.74, 6) is 1.17. The zero-order valence-corrected chi connectivity index (χ0v) is 11.7. The summed E-state index contributed by atoms with van der Waals surface area (Å²) in [6.45, 7) is 6.11. The van der Waals surface area contributed by atoms with Crippen molar-refractivity contribution in [1.82, 2.24) is 4.90 Å². The summed E-state index contributed by atoms with van der Waals surface area (Å²) in [5, 5.41) is 0.787. The molecule has 96 valence electrons. The fourth-order valence-electron chi connectivity index (χ4n) is 2.07. The van der Waals surface area contributed by atoms with E-state index in [1.54, 1.807) is 0 Å². The molecule has 1 heterocycles. The van der Waals surface area contributed by atoms with Crippen LogP contribution < -0.4 is 0 Å². The minimum Gasteiger partial charge on any atom is -0.356 e. The average Bonchev–Trinajstić information content (AvgIpc) is 2.79. The average molecular weight is 263 g/mol. The zero-order valence-electron chi connectivity index (χ0n) is 11.0. The number of aryl methyl sites for hydroxylation is 1. The van der Waals surface area contributed by atoms with Gasteiger partial charge < -0.3 is 4.90 Å². The van der Waals surface area contributed by atoms with Crippen LogP contribution in [0.2, 0.25) is 5.02 Å². The Morgan fingerprint density at radius 2 is 2.28 bits per heavy atom. The number of halogens is 1. The highest BCUT2D eigenvalue weighted by Gasteiger charge is 2.17. The van der Waals surface area contributed by atoms with Crippen molar-refractivity contribution >= 4 is 23.1 Å². The number of nitrogens with zero attached hydrogens (tertiary/aromatic N) is 2.